The van der Waals surface area contributed by atoms with Crippen LogP contribution in [-0.2, 0) is 6.42 Å². The van der Waals surface area contributed by atoms with Crippen LogP contribution in [0.4, 0.5) is 4.39 Å². The van der Waals surface area contributed by atoms with Crippen LogP contribution in [0.25, 0.3) is 0 Å². The Kier molecular flexibility index (Phi) is 6.19. The fourth-order valence-corrected chi connectivity index (χ4v) is 1.53. The molecule has 0 bridgehead atoms. The van der Waals surface area contributed by atoms with Crippen molar-refractivity contribution in [1.82, 2.24) is 5.32 Å². The van der Waals surface area contributed by atoms with Gasteiger partial charge in [0.25, 0.3) is 0 Å². The maximum absolute atomic E-state index is 13.4. The van der Waals surface area contributed by atoms with Crippen molar-refractivity contribution in [2.24, 2.45) is 0 Å². The quantitative estimate of drug-likeness (QED) is 0.589. The topological polar surface area (TPSA) is 21.3 Å². The summed E-state index contributed by atoms with van der Waals surface area (Å²) in [5, 5.41) is 3.16. The highest BCUT2D eigenvalue weighted by molar-refractivity contribution is 6.18. The van der Waals surface area contributed by atoms with Crippen LogP contribution >= 0.6 is 11.6 Å². The van der Waals surface area contributed by atoms with Crippen molar-refractivity contribution in [2.45, 2.75) is 13.3 Å². The Hall–Kier alpha value is -0.800. The van der Waals surface area contributed by atoms with Gasteiger partial charge in [-0.15, -0.1) is 11.6 Å². The van der Waals surface area contributed by atoms with Crippen molar-refractivity contribution in [3.8, 4) is 5.75 Å². The molecule has 1 aromatic carbocycles. The number of nitrogens with one attached hydrogen (secondary N) is 1. The van der Waals surface area contributed by atoms with E-state index in [0.717, 1.165) is 25.1 Å². The van der Waals surface area contributed by atoms with Gasteiger partial charge in [0.05, 0.1) is 6.61 Å². The van der Waals surface area contributed by atoms with Crippen LogP contribution in [0.5, 0.6) is 5.75 Å². The third-order valence-electron chi connectivity index (χ3n) is 2.16. The smallest absolute Gasteiger partial charge is 0.165 e. The number of hydrogen-bond acceptors (Lipinski definition) is 2. The second-order valence-corrected chi connectivity index (χ2v) is 3.76. The van der Waals surface area contributed by atoms with Crippen LogP contribution < -0.4 is 10.1 Å². The van der Waals surface area contributed by atoms with Crippen LogP contribution in [0.15, 0.2) is 18.2 Å². The van der Waals surface area contributed by atoms with Crippen molar-refractivity contribution >= 4 is 11.6 Å². The minimum absolute atomic E-state index is 0.295. The molecule has 0 aliphatic carbocycles. The molecule has 0 aliphatic heterocycles. The van der Waals surface area contributed by atoms with Gasteiger partial charge in [0.1, 0.15) is 0 Å². The molecule has 0 saturated heterocycles. The van der Waals surface area contributed by atoms with Crippen LogP contribution in [0.2, 0.25) is 0 Å². The predicted octanol–water partition coefficient (Wildman–Crippen LogP) is 2.60. The van der Waals surface area contributed by atoms with E-state index in [9.17, 15) is 4.39 Å². The zero-order valence-corrected chi connectivity index (χ0v) is 10.2. The lowest BCUT2D eigenvalue weighted by molar-refractivity contribution is 0.321. The summed E-state index contributed by atoms with van der Waals surface area (Å²) in [4.78, 5) is 0. The van der Waals surface area contributed by atoms with Crippen LogP contribution in [0, 0.1) is 5.82 Å². The Bertz CT molecular complexity index is 320. The molecule has 4 heteroatoms. The maximum atomic E-state index is 13.4. The van der Waals surface area contributed by atoms with Crippen molar-refractivity contribution in [2.75, 3.05) is 25.6 Å². The summed E-state index contributed by atoms with van der Waals surface area (Å²) >= 11 is 5.53. The number of alkyl halides is 1. The van der Waals surface area contributed by atoms with Gasteiger partial charge >= 0.3 is 0 Å². The number of ether oxygens (including phenoxy) is 1. The molecule has 90 valence electrons. The number of halogens is 2. The summed E-state index contributed by atoms with van der Waals surface area (Å²) in [6.45, 7) is 3.90. The van der Waals surface area contributed by atoms with E-state index in [0.29, 0.717) is 18.2 Å². The van der Waals surface area contributed by atoms with Crippen LogP contribution in [0.3, 0.4) is 0 Å². The summed E-state index contributed by atoms with van der Waals surface area (Å²) in [6.07, 6.45) is 0.792. The zero-order chi connectivity index (χ0) is 11.8. The van der Waals surface area contributed by atoms with E-state index < -0.39 is 0 Å². The molecule has 2 nitrogen and oxygen atoms in total. The first kappa shape index (κ1) is 13.3. The zero-order valence-electron chi connectivity index (χ0n) is 9.43. The SMILES string of the molecule is CCOc1ccc(CCNCCCl)cc1F. The van der Waals surface area contributed by atoms with E-state index in [4.69, 9.17) is 16.3 Å². The Balaban J connectivity index is 2.46. The van der Waals surface area contributed by atoms with Gasteiger partial charge in [-0.2, -0.15) is 0 Å². The van der Waals surface area contributed by atoms with Gasteiger partial charge in [0.2, 0.25) is 0 Å². The van der Waals surface area contributed by atoms with Crippen LogP contribution in [0.1, 0.15) is 12.5 Å². The lowest BCUT2D eigenvalue weighted by Crippen LogP contribution is -2.19. The minimum Gasteiger partial charge on any atom is -0.491 e. The highest BCUT2D eigenvalue weighted by Crippen LogP contribution is 2.18. The van der Waals surface area contributed by atoms with Gasteiger partial charge in [-0.05, 0) is 37.6 Å². The molecule has 0 amide bonds. The highest BCUT2D eigenvalue weighted by Gasteiger charge is 2.03. The van der Waals surface area contributed by atoms with Crippen molar-refractivity contribution in [1.29, 1.82) is 0 Å². The lowest BCUT2D eigenvalue weighted by atomic mass is 10.1. The van der Waals surface area contributed by atoms with Crippen molar-refractivity contribution < 1.29 is 9.13 Å². The molecule has 0 spiro atoms. The molecule has 1 aromatic rings. The lowest BCUT2D eigenvalue weighted by Gasteiger charge is -2.07. The number of hydrogen-bond donors (Lipinski definition) is 1. The molecule has 16 heavy (non-hydrogen) atoms. The van der Waals surface area contributed by atoms with Gasteiger partial charge in [-0.3, -0.25) is 0 Å². The standard InChI is InChI=1S/C12H17ClFNO/c1-2-16-12-4-3-10(9-11(12)14)5-7-15-8-6-13/h3-4,9,15H,2,5-8H2,1H3. The second kappa shape index (κ2) is 7.47. The van der Waals surface area contributed by atoms with E-state index in [-0.39, 0.29) is 5.82 Å². The largest absolute Gasteiger partial charge is 0.491 e. The molecule has 0 atom stereocenters. The summed E-state index contributed by atoms with van der Waals surface area (Å²) in [6, 6.07) is 5.08. The normalized spacial score (nSPS) is 10.4. The number of rotatable bonds is 7. The molecule has 0 radical (unpaired) electrons. The van der Waals surface area contributed by atoms with Gasteiger partial charge in [-0.1, -0.05) is 6.07 Å². The predicted molar refractivity (Wildman–Crippen MR) is 64.9 cm³/mol. The highest BCUT2D eigenvalue weighted by atomic mass is 35.5. The molecule has 0 fully saturated rings. The fraction of sp³-hybridized carbons (Fsp3) is 0.500. The summed E-state index contributed by atoms with van der Waals surface area (Å²) < 4.78 is 18.6. The van der Waals surface area contributed by atoms with E-state index in [1.54, 1.807) is 6.07 Å². The molecule has 0 heterocycles. The first-order chi connectivity index (χ1) is 7.77. The van der Waals surface area contributed by atoms with Crippen molar-refractivity contribution in [3.05, 3.63) is 29.6 Å². The Morgan fingerprint density at radius 2 is 2.19 bits per heavy atom. The fourth-order valence-electron chi connectivity index (χ4n) is 1.40. The number of benzene rings is 1. The van der Waals surface area contributed by atoms with E-state index in [1.807, 2.05) is 13.0 Å². The Labute approximate surface area is 101 Å². The summed E-state index contributed by atoms with van der Waals surface area (Å²) in [7, 11) is 0. The maximum Gasteiger partial charge on any atom is 0.165 e. The Morgan fingerprint density at radius 1 is 1.38 bits per heavy atom. The van der Waals surface area contributed by atoms with Gasteiger partial charge in [-0.25, -0.2) is 4.39 Å². The molecule has 0 aromatic heterocycles. The molecule has 1 rings (SSSR count). The summed E-state index contributed by atoms with van der Waals surface area (Å²) in [5.74, 6) is 0.620. The molecule has 0 saturated carbocycles. The molecular weight excluding hydrogens is 229 g/mol. The van der Waals surface area contributed by atoms with E-state index >= 15 is 0 Å². The average Bonchev–Trinajstić information content (AvgIpc) is 2.28. The molecule has 1 N–H and O–H groups in total. The van der Waals surface area contributed by atoms with Crippen LogP contribution in [-0.4, -0.2) is 25.6 Å². The van der Waals surface area contributed by atoms with Gasteiger partial charge in [0, 0.05) is 12.4 Å². The van der Waals surface area contributed by atoms with E-state index in [2.05, 4.69) is 5.32 Å². The van der Waals surface area contributed by atoms with Crippen molar-refractivity contribution in [3.63, 3.8) is 0 Å². The minimum atomic E-state index is -0.295. The monoisotopic (exact) mass is 245 g/mol. The second-order valence-electron chi connectivity index (χ2n) is 3.39. The third-order valence-corrected chi connectivity index (χ3v) is 2.35. The third kappa shape index (κ3) is 4.37. The average molecular weight is 246 g/mol. The first-order valence-electron chi connectivity index (χ1n) is 5.45. The Morgan fingerprint density at radius 3 is 2.81 bits per heavy atom. The molecule has 0 aliphatic rings. The van der Waals surface area contributed by atoms with Gasteiger partial charge in [0.15, 0.2) is 11.6 Å². The summed E-state index contributed by atoms with van der Waals surface area (Å²) in [5.41, 5.74) is 0.961. The van der Waals surface area contributed by atoms with E-state index in [1.165, 1.54) is 6.07 Å². The van der Waals surface area contributed by atoms with Gasteiger partial charge < -0.3 is 10.1 Å². The first-order valence-corrected chi connectivity index (χ1v) is 5.99. The molecular formula is C12H17ClFNO. The molecule has 0 unspecified atom stereocenters.